The van der Waals surface area contributed by atoms with Crippen LogP contribution in [-0.2, 0) is 0 Å². The van der Waals surface area contributed by atoms with Crippen molar-refractivity contribution in [1.29, 1.82) is 0 Å². The van der Waals surface area contributed by atoms with E-state index in [2.05, 4.69) is 17.4 Å². The Kier molecular flexibility index (Phi) is 5.86. The summed E-state index contributed by atoms with van der Waals surface area (Å²) in [5.41, 5.74) is 1.21. The number of hydrogen-bond acceptors (Lipinski definition) is 1. The number of piperidine rings is 1. The van der Waals surface area contributed by atoms with Gasteiger partial charge < -0.3 is 5.32 Å². The van der Waals surface area contributed by atoms with Crippen LogP contribution in [0.15, 0.2) is 30.3 Å². The second kappa shape index (κ2) is 6.92. The van der Waals surface area contributed by atoms with E-state index in [-0.39, 0.29) is 30.8 Å². The number of halogens is 3. The summed E-state index contributed by atoms with van der Waals surface area (Å²) in [5.74, 6) is 0.159. The second-order valence-corrected chi connectivity index (χ2v) is 4.43. The van der Waals surface area contributed by atoms with Crippen molar-refractivity contribution in [2.45, 2.75) is 31.7 Å². The smallest absolute Gasteiger partial charge is 0.238 e. The minimum Gasteiger partial charge on any atom is -0.310 e. The zero-order valence-electron chi connectivity index (χ0n) is 9.61. The van der Waals surface area contributed by atoms with Gasteiger partial charge in [-0.25, -0.2) is 8.78 Å². The van der Waals surface area contributed by atoms with E-state index in [0.29, 0.717) is 0 Å². The van der Waals surface area contributed by atoms with Crippen molar-refractivity contribution in [1.82, 2.24) is 5.32 Å². The molecule has 1 N–H and O–H groups in total. The van der Waals surface area contributed by atoms with E-state index in [1.165, 1.54) is 5.56 Å². The Balaban J connectivity index is 0.00000144. The lowest BCUT2D eigenvalue weighted by Gasteiger charge is -2.30. The Morgan fingerprint density at radius 3 is 2.59 bits per heavy atom. The fraction of sp³-hybridized carbons (Fsp3) is 0.538. The first-order chi connectivity index (χ1) is 7.75. The molecule has 17 heavy (non-hydrogen) atoms. The van der Waals surface area contributed by atoms with Crippen LogP contribution >= 0.6 is 12.4 Å². The summed E-state index contributed by atoms with van der Waals surface area (Å²) in [6, 6.07) is 10.3. The molecule has 1 aliphatic rings. The van der Waals surface area contributed by atoms with Gasteiger partial charge in [0.15, 0.2) is 0 Å². The molecule has 2 rings (SSSR count). The Morgan fingerprint density at radius 1 is 1.24 bits per heavy atom. The predicted octanol–water partition coefficient (Wildman–Crippen LogP) is 3.80. The lowest BCUT2D eigenvalue weighted by Crippen LogP contribution is -2.32. The summed E-state index contributed by atoms with van der Waals surface area (Å²) >= 11 is 0. The van der Waals surface area contributed by atoms with Gasteiger partial charge in [-0.2, -0.15) is 0 Å². The lowest BCUT2D eigenvalue weighted by atomic mass is 9.87. The van der Waals surface area contributed by atoms with Gasteiger partial charge in [0.2, 0.25) is 6.43 Å². The van der Waals surface area contributed by atoms with Gasteiger partial charge in [0.25, 0.3) is 0 Å². The molecule has 1 nitrogen and oxygen atoms in total. The SMILES string of the molecule is Cl.FC(F)C[C@@H]1CCN[C@H](c2ccccc2)C1. The normalized spacial score (nSPS) is 24.4. The molecule has 2 atom stereocenters. The highest BCUT2D eigenvalue weighted by molar-refractivity contribution is 5.85. The molecular weight excluding hydrogens is 244 g/mol. The zero-order chi connectivity index (χ0) is 11.4. The van der Waals surface area contributed by atoms with Crippen LogP contribution in [0.2, 0.25) is 0 Å². The topological polar surface area (TPSA) is 12.0 Å². The highest BCUT2D eigenvalue weighted by Gasteiger charge is 2.24. The maximum atomic E-state index is 12.3. The molecule has 0 aliphatic carbocycles. The number of alkyl halides is 2. The summed E-state index contributed by atoms with van der Waals surface area (Å²) in [7, 11) is 0. The molecule has 1 heterocycles. The average molecular weight is 262 g/mol. The minimum absolute atomic E-state index is 0. The third kappa shape index (κ3) is 4.25. The third-order valence-corrected chi connectivity index (χ3v) is 3.23. The second-order valence-electron chi connectivity index (χ2n) is 4.43. The fourth-order valence-corrected chi connectivity index (χ4v) is 2.40. The molecule has 1 aromatic rings. The predicted molar refractivity (Wildman–Crippen MR) is 67.8 cm³/mol. The van der Waals surface area contributed by atoms with Crippen molar-refractivity contribution in [3.05, 3.63) is 35.9 Å². The molecule has 96 valence electrons. The van der Waals surface area contributed by atoms with Gasteiger partial charge in [-0.05, 0) is 30.9 Å². The van der Waals surface area contributed by atoms with Gasteiger partial charge in [0.1, 0.15) is 0 Å². The van der Waals surface area contributed by atoms with E-state index in [0.717, 1.165) is 19.4 Å². The fourth-order valence-electron chi connectivity index (χ4n) is 2.40. The Morgan fingerprint density at radius 2 is 1.94 bits per heavy atom. The standard InChI is InChI=1S/C13H17F2N.ClH/c14-13(15)9-10-6-7-16-12(8-10)11-4-2-1-3-5-11;/h1-5,10,12-13,16H,6-9H2;1H/t10-,12+;/m1./s1. The summed E-state index contributed by atoms with van der Waals surface area (Å²) < 4.78 is 24.7. The molecule has 0 radical (unpaired) electrons. The van der Waals surface area contributed by atoms with Crippen molar-refractivity contribution >= 4 is 12.4 Å². The van der Waals surface area contributed by atoms with E-state index < -0.39 is 6.43 Å². The van der Waals surface area contributed by atoms with Crippen molar-refractivity contribution in [3.63, 3.8) is 0 Å². The monoisotopic (exact) mass is 261 g/mol. The molecule has 4 heteroatoms. The molecule has 1 aromatic carbocycles. The number of hydrogen-bond donors (Lipinski definition) is 1. The average Bonchev–Trinajstić information content (AvgIpc) is 2.30. The van der Waals surface area contributed by atoms with Crippen LogP contribution in [0.5, 0.6) is 0 Å². The Labute approximate surface area is 107 Å². The molecule has 0 spiro atoms. The van der Waals surface area contributed by atoms with Crippen LogP contribution in [0.3, 0.4) is 0 Å². The van der Waals surface area contributed by atoms with Crippen LogP contribution in [0.25, 0.3) is 0 Å². The van der Waals surface area contributed by atoms with Gasteiger partial charge in [-0.15, -0.1) is 12.4 Å². The van der Waals surface area contributed by atoms with Crippen molar-refractivity contribution in [2.24, 2.45) is 5.92 Å². The molecule has 1 aliphatic heterocycles. The van der Waals surface area contributed by atoms with Gasteiger partial charge in [-0.1, -0.05) is 30.3 Å². The first-order valence-corrected chi connectivity index (χ1v) is 5.82. The summed E-state index contributed by atoms with van der Waals surface area (Å²) in [5, 5.41) is 3.39. The van der Waals surface area contributed by atoms with Gasteiger partial charge in [-0.3, -0.25) is 0 Å². The maximum absolute atomic E-state index is 12.3. The van der Waals surface area contributed by atoms with Crippen LogP contribution in [0.1, 0.15) is 30.9 Å². The van der Waals surface area contributed by atoms with E-state index in [4.69, 9.17) is 0 Å². The van der Waals surface area contributed by atoms with Crippen molar-refractivity contribution in [2.75, 3.05) is 6.54 Å². The Bertz CT molecular complexity index is 318. The number of benzene rings is 1. The van der Waals surface area contributed by atoms with E-state index in [9.17, 15) is 8.78 Å². The molecule has 1 saturated heterocycles. The van der Waals surface area contributed by atoms with Crippen LogP contribution in [0.4, 0.5) is 8.78 Å². The van der Waals surface area contributed by atoms with E-state index in [1.807, 2.05) is 18.2 Å². The molecular formula is C13H18ClF2N. The van der Waals surface area contributed by atoms with Crippen molar-refractivity contribution in [3.8, 4) is 0 Å². The molecule has 0 saturated carbocycles. The maximum Gasteiger partial charge on any atom is 0.238 e. The Hall–Kier alpha value is -0.670. The summed E-state index contributed by atoms with van der Waals surface area (Å²) in [4.78, 5) is 0. The number of nitrogens with one attached hydrogen (secondary N) is 1. The molecule has 0 aromatic heterocycles. The highest BCUT2D eigenvalue weighted by atomic mass is 35.5. The first-order valence-electron chi connectivity index (χ1n) is 5.82. The van der Waals surface area contributed by atoms with E-state index >= 15 is 0 Å². The van der Waals surface area contributed by atoms with Gasteiger partial charge in [0, 0.05) is 12.5 Å². The highest BCUT2D eigenvalue weighted by Crippen LogP contribution is 2.30. The third-order valence-electron chi connectivity index (χ3n) is 3.23. The van der Waals surface area contributed by atoms with Crippen LogP contribution in [-0.4, -0.2) is 13.0 Å². The summed E-state index contributed by atoms with van der Waals surface area (Å²) in [6.45, 7) is 0.844. The molecule has 0 unspecified atom stereocenters. The van der Waals surface area contributed by atoms with Crippen LogP contribution < -0.4 is 5.32 Å². The molecule has 1 fully saturated rings. The minimum atomic E-state index is -2.17. The number of rotatable bonds is 3. The lowest BCUT2D eigenvalue weighted by molar-refractivity contribution is 0.100. The summed E-state index contributed by atoms with van der Waals surface area (Å²) in [6.07, 6.45) is -0.424. The van der Waals surface area contributed by atoms with E-state index in [1.54, 1.807) is 0 Å². The molecule has 0 amide bonds. The quantitative estimate of drug-likeness (QED) is 0.873. The zero-order valence-corrected chi connectivity index (χ0v) is 10.4. The largest absolute Gasteiger partial charge is 0.310 e. The van der Waals surface area contributed by atoms with Crippen molar-refractivity contribution < 1.29 is 8.78 Å². The van der Waals surface area contributed by atoms with Gasteiger partial charge >= 0.3 is 0 Å². The van der Waals surface area contributed by atoms with Crippen LogP contribution in [0, 0.1) is 5.92 Å². The molecule has 0 bridgehead atoms. The van der Waals surface area contributed by atoms with Gasteiger partial charge in [0.05, 0.1) is 0 Å². The first kappa shape index (κ1) is 14.4.